The number of benzene rings is 1. The second kappa shape index (κ2) is 4.98. The lowest BCUT2D eigenvalue weighted by Gasteiger charge is -2.41. The highest BCUT2D eigenvalue weighted by atomic mass is 79.9. The van der Waals surface area contributed by atoms with Crippen LogP contribution < -0.4 is 4.74 Å². The van der Waals surface area contributed by atoms with Crippen molar-refractivity contribution in [1.29, 1.82) is 0 Å². The molecule has 1 aliphatic rings. The van der Waals surface area contributed by atoms with E-state index >= 15 is 0 Å². The van der Waals surface area contributed by atoms with E-state index in [9.17, 15) is 4.79 Å². The van der Waals surface area contributed by atoms with E-state index in [2.05, 4.69) is 31.9 Å². The normalized spacial score (nSPS) is 17.3. The van der Waals surface area contributed by atoms with Gasteiger partial charge in [0.05, 0.1) is 15.4 Å². The summed E-state index contributed by atoms with van der Waals surface area (Å²) in [7, 11) is 0. The van der Waals surface area contributed by atoms with Crippen molar-refractivity contribution in [2.45, 2.75) is 31.3 Å². The highest BCUT2D eigenvalue weighted by Gasteiger charge is 2.42. The Morgan fingerprint density at radius 2 is 1.94 bits per heavy atom. The number of hydrogen-bond donors (Lipinski definition) is 1. The summed E-state index contributed by atoms with van der Waals surface area (Å²) < 4.78 is 7.61. The maximum Gasteiger partial charge on any atom is 0.307 e. The Morgan fingerprint density at radius 3 is 2.35 bits per heavy atom. The van der Waals surface area contributed by atoms with Gasteiger partial charge in [-0.15, -0.1) is 0 Å². The van der Waals surface area contributed by atoms with E-state index in [0.29, 0.717) is 5.75 Å². The molecule has 0 radical (unpaired) electrons. The number of ether oxygens (including phenoxy) is 1. The fourth-order valence-electron chi connectivity index (χ4n) is 1.96. The molecule has 1 aromatic rings. The summed E-state index contributed by atoms with van der Waals surface area (Å²) in [6.07, 6.45) is 2.68. The molecule has 1 aromatic carbocycles. The van der Waals surface area contributed by atoms with Crippen molar-refractivity contribution in [3.05, 3.63) is 27.1 Å². The lowest BCUT2D eigenvalue weighted by Crippen LogP contribution is -2.45. The lowest BCUT2D eigenvalue weighted by atomic mass is 9.77. The van der Waals surface area contributed by atoms with E-state index in [1.54, 1.807) is 0 Å². The van der Waals surface area contributed by atoms with Crippen LogP contribution in [0.4, 0.5) is 0 Å². The van der Waals surface area contributed by atoms with Crippen LogP contribution in [0.3, 0.4) is 0 Å². The van der Waals surface area contributed by atoms with Crippen LogP contribution in [0.5, 0.6) is 5.75 Å². The van der Waals surface area contributed by atoms with Gasteiger partial charge in [0.2, 0.25) is 0 Å². The van der Waals surface area contributed by atoms with Crippen LogP contribution >= 0.6 is 31.9 Å². The van der Waals surface area contributed by atoms with Crippen LogP contribution in [-0.2, 0) is 4.79 Å². The molecule has 0 spiro atoms. The fraction of sp³-hybridized carbons (Fsp3) is 0.417. The van der Waals surface area contributed by atoms with Crippen molar-refractivity contribution in [1.82, 2.24) is 0 Å². The maximum atomic E-state index is 10.9. The molecule has 0 aromatic heterocycles. The Kier molecular flexibility index (Phi) is 3.78. The van der Waals surface area contributed by atoms with Crippen LogP contribution in [0.1, 0.15) is 25.7 Å². The third kappa shape index (κ3) is 2.83. The number of rotatable bonds is 4. The quantitative estimate of drug-likeness (QED) is 0.879. The van der Waals surface area contributed by atoms with Crippen LogP contribution in [0.15, 0.2) is 27.1 Å². The zero-order valence-corrected chi connectivity index (χ0v) is 12.3. The largest absolute Gasteiger partial charge is 0.484 e. The van der Waals surface area contributed by atoms with Gasteiger partial charge in [-0.3, -0.25) is 4.79 Å². The Labute approximate surface area is 116 Å². The smallest absolute Gasteiger partial charge is 0.307 e. The van der Waals surface area contributed by atoms with E-state index in [-0.39, 0.29) is 6.42 Å². The molecule has 0 atom stereocenters. The summed E-state index contributed by atoms with van der Waals surface area (Å²) in [6, 6.07) is 5.66. The average molecular weight is 364 g/mol. The Morgan fingerprint density at radius 1 is 1.35 bits per heavy atom. The van der Waals surface area contributed by atoms with Gasteiger partial charge in [0.25, 0.3) is 0 Å². The van der Waals surface area contributed by atoms with Gasteiger partial charge < -0.3 is 9.84 Å². The summed E-state index contributed by atoms with van der Waals surface area (Å²) in [5.41, 5.74) is -0.530. The minimum Gasteiger partial charge on any atom is -0.484 e. The summed E-state index contributed by atoms with van der Waals surface area (Å²) in [5.74, 6) is -0.124. The molecular weight excluding hydrogens is 352 g/mol. The first-order chi connectivity index (χ1) is 8.02. The van der Waals surface area contributed by atoms with Gasteiger partial charge in [-0.25, -0.2) is 0 Å². The summed E-state index contributed by atoms with van der Waals surface area (Å²) >= 11 is 6.83. The molecule has 0 bridgehead atoms. The Balaban J connectivity index is 2.21. The van der Waals surface area contributed by atoms with E-state index in [0.717, 1.165) is 28.2 Å². The van der Waals surface area contributed by atoms with Gasteiger partial charge in [0, 0.05) is 0 Å². The molecule has 3 nitrogen and oxygen atoms in total. The van der Waals surface area contributed by atoms with Gasteiger partial charge in [0.1, 0.15) is 11.4 Å². The highest BCUT2D eigenvalue weighted by Crippen LogP contribution is 2.43. The molecule has 0 heterocycles. The summed E-state index contributed by atoms with van der Waals surface area (Å²) in [5, 5.41) is 8.93. The third-order valence-electron chi connectivity index (χ3n) is 2.98. The summed E-state index contributed by atoms with van der Waals surface area (Å²) in [4.78, 5) is 10.9. The molecule has 5 heteroatoms. The molecule has 1 saturated carbocycles. The monoisotopic (exact) mass is 362 g/mol. The second-order valence-corrected chi connectivity index (χ2v) is 5.97. The SMILES string of the molecule is O=C(O)CC1(Oc2c(Br)cccc2Br)CCC1. The van der Waals surface area contributed by atoms with Gasteiger partial charge in [-0.05, 0) is 63.3 Å². The van der Waals surface area contributed by atoms with Gasteiger partial charge >= 0.3 is 5.97 Å². The minimum atomic E-state index is -0.812. The van der Waals surface area contributed by atoms with Crippen molar-refractivity contribution < 1.29 is 14.6 Å². The lowest BCUT2D eigenvalue weighted by molar-refractivity contribution is -0.144. The topological polar surface area (TPSA) is 46.5 Å². The van der Waals surface area contributed by atoms with Crippen LogP contribution in [0.25, 0.3) is 0 Å². The first kappa shape index (κ1) is 12.9. The molecule has 17 heavy (non-hydrogen) atoms. The number of carbonyl (C=O) groups is 1. The third-order valence-corrected chi connectivity index (χ3v) is 4.22. The standard InChI is InChI=1S/C12H12Br2O3/c13-8-3-1-4-9(14)11(8)17-12(5-2-6-12)7-10(15)16/h1,3-4H,2,5-7H2,(H,15,16). The van der Waals surface area contributed by atoms with Gasteiger partial charge in [-0.2, -0.15) is 0 Å². The van der Waals surface area contributed by atoms with E-state index in [1.165, 1.54) is 0 Å². The van der Waals surface area contributed by atoms with Gasteiger partial charge in [0.15, 0.2) is 0 Å². The molecule has 1 fully saturated rings. The molecule has 1 N–H and O–H groups in total. The number of carboxylic acids is 1. The van der Waals surface area contributed by atoms with Crippen molar-refractivity contribution in [2.75, 3.05) is 0 Å². The minimum absolute atomic E-state index is 0.0563. The Hall–Kier alpha value is -0.550. The van der Waals surface area contributed by atoms with E-state index < -0.39 is 11.6 Å². The van der Waals surface area contributed by atoms with Crippen molar-refractivity contribution >= 4 is 37.8 Å². The number of halogens is 2. The predicted molar refractivity (Wildman–Crippen MR) is 71.3 cm³/mol. The Bertz CT molecular complexity index is 421. The van der Waals surface area contributed by atoms with Crippen molar-refractivity contribution in [2.24, 2.45) is 0 Å². The van der Waals surface area contributed by atoms with E-state index in [1.807, 2.05) is 18.2 Å². The molecule has 0 amide bonds. The highest BCUT2D eigenvalue weighted by molar-refractivity contribution is 9.11. The zero-order chi connectivity index (χ0) is 12.5. The average Bonchev–Trinajstić information content (AvgIpc) is 2.19. The molecule has 1 aliphatic carbocycles. The fourth-order valence-corrected chi connectivity index (χ4v) is 3.12. The second-order valence-electron chi connectivity index (χ2n) is 4.26. The first-order valence-corrected chi connectivity index (χ1v) is 6.96. The van der Waals surface area contributed by atoms with Crippen LogP contribution in [0.2, 0.25) is 0 Å². The van der Waals surface area contributed by atoms with Crippen LogP contribution in [-0.4, -0.2) is 16.7 Å². The van der Waals surface area contributed by atoms with Crippen molar-refractivity contribution in [3.63, 3.8) is 0 Å². The number of para-hydroxylation sites is 1. The maximum absolute atomic E-state index is 10.9. The molecule has 2 rings (SSSR count). The molecule has 0 unspecified atom stereocenters. The number of carboxylic acid groups (broad SMARTS) is 1. The number of hydrogen-bond acceptors (Lipinski definition) is 2. The molecule has 0 saturated heterocycles. The zero-order valence-electron chi connectivity index (χ0n) is 9.08. The molecule has 0 aliphatic heterocycles. The number of aliphatic carboxylic acids is 1. The van der Waals surface area contributed by atoms with E-state index in [4.69, 9.17) is 9.84 Å². The van der Waals surface area contributed by atoms with Gasteiger partial charge in [-0.1, -0.05) is 6.07 Å². The molecular formula is C12H12Br2O3. The first-order valence-electron chi connectivity index (χ1n) is 5.37. The van der Waals surface area contributed by atoms with Crippen molar-refractivity contribution in [3.8, 4) is 5.75 Å². The molecule has 92 valence electrons. The summed E-state index contributed by atoms with van der Waals surface area (Å²) in [6.45, 7) is 0. The predicted octanol–water partition coefficient (Wildman–Crippen LogP) is 3.99. The van der Waals surface area contributed by atoms with Crippen LogP contribution in [0, 0.1) is 0 Å².